The minimum Gasteiger partial charge on any atom is -0.309 e. The number of rotatable bonds is 5. The molecule has 0 aliphatic carbocycles. The number of hydrogen-bond acceptors (Lipinski definition) is 0. The summed E-state index contributed by atoms with van der Waals surface area (Å²) in [6, 6.07) is 84.8. The van der Waals surface area contributed by atoms with Gasteiger partial charge in [0.05, 0.1) is 22.1 Å². The van der Waals surface area contributed by atoms with Gasteiger partial charge in [-0.1, -0.05) is 182 Å². The largest absolute Gasteiger partial charge is 0.309 e. The maximum absolute atomic E-state index is 2.49. The second kappa shape index (κ2) is 13.7. The number of aromatic nitrogens is 2. The summed E-state index contributed by atoms with van der Waals surface area (Å²) in [5, 5.41) is 12.4. The fourth-order valence-corrected chi connectivity index (χ4v) is 10.4. The molecule has 62 heavy (non-hydrogen) atoms. The fraction of sp³-hybridized carbons (Fsp3) is 0. The van der Waals surface area contributed by atoms with Gasteiger partial charge in [0.15, 0.2) is 0 Å². The third-order valence-corrected chi connectivity index (χ3v) is 13.1. The van der Waals surface area contributed by atoms with Crippen molar-refractivity contribution in [2.24, 2.45) is 0 Å². The first-order valence-electron chi connectivity index (χ1n) is 21.4. The van der Waals surface area contributed by atoms with E-state index in [0.29, 0.717) is 0 Å². The van der Waals surface area contributed by atoms with E-state index in [9.17, 15) is 0 Å². The highest BCUT2D eigenvalue weighted by atomic mass is 15.0. The van der Waals surface area contributed by atoms with Gasteiger partial charge in [-0.3, -0.25) is 0 Å². The topological polar surface area (TPSA) is 9.86 Å². The molecule has 0 spiro atoms. The summed E-state index contributed by atoms with van der Waals surface area (Å²) in [4.78, 5) is 0. The van der Waals surface area contributed by atoms with Crippen LogP contribution in [0.3, 0.4) is 0 Å². The van der Waals surface area contributed by atoms with Gasteiger partial charge in [0.1, 0.15) is 0 Å². The molecule has 288 valence electrons. The predicted octanol–water partition coefficient (Wildman–Crippen LogP) is 16.3. The van der Waals surface area contributed by atoms with Crippen LogP contribution >= 0.6 is 0 Å². The molecule has 13 aromatic rings. The Balaban J connectivity index is 1.07. The van der Waals surface area contributed by atoms with Gasteiger partial charge >= 0.3 is 0 Å². The lowest BCUT2D eigenvalue weighted by Gasteiger charge is -2.17. The minimum absolute atomic E-state index is 1.14. The van der Waals surface area contributed by atoms with Crippen LogP contribution in [0.15, 0.2) is 231 Å². The Morgan fingerprint density at radius 3 is 1.50 bits per heavy atom. The summed E-state index contributed by atoms with van der Waals surface area (Å²) in [7, 11) is 0. The zero-order valence-electron chi connectivity index (χ0n) is 33.8. The van der Waals surface area contributed by atoms with Crippen molar-refractivity contribution in [3.8, 4) is 44.8 Å². The highest BCUT2D eigenvalue weighted by Crippen LogP contribution is 2.44. The molecule has 0 aliphatic heterocycles. The van der Waals surface area contributed by atoms with Crippen LogP contribution in [-0.4, -0.2) is 9.13 Å². The molecule has 0 N–H and O–H groups in total. The van der Waals surface area contributed by atoms with E-state index in [1.165, 1.54) is 109 Å². The van der Waals surface area contributed by atoms with Crippen molar-refractivity contribution in [3.05, 3.63) is 231 Å². The van der Waals surface area contributed by atoms with Gasteiger partial charge in [-0.25, -0.2) is 0 Å². The molecule has 0 atom stereocenters. The molecule has 0 bridgehead atoms. The third-order valence-electron chi connectivity index (χ3n) is 13.1. The Hall–Kier alpha value is -8.20. The Bertz CT molecular complexity index is 3910. The molecule has 2 heteroatoms. The number of nitrogens with zero attached hydrogens (tertiary/aromatic N) is 2. The molecule has 11 aromatic carbocycles. The van der Waals surface area contributed by atoms with Gasteiger partial charge in [0, 0.05) is 38.3 Å². The Morgan fingerprint density at radius 1 is 0.226 bits per heavy atom. The Morgan fingerprint density at radius 2 is 0.758 bits per heavy atom. The van der Waals surface area contributed by atoms with Gasteiger partial charge in [0.2, 0.25) is 0 Å². The molecule has 0 unspecified atom stereocenters. The molecule has 2 heterocycles. The summed E-state index contributed by atoms with van der Waals surface area (Å²) in [5.74, 6) is 0. The molecule has 0 fully saturated rings. The van der Waals surface area contributed by atoms with Gasteiger partial charge in [-0.2, -0.15) is 0 Å². The van der Waals surface area contributed by atoms with Gasteiger partial charge in [-0.05, 0) is 109 Å². The molecule has 13 rings (SSSR count). The smallest absolute Gasteiger partial charge is 0.0619 e. The number of fused-ring (bicyclic) bond motifs is 10. The Kier molecular flexibility index (Phi) is 7.64. The van der Waals surface area contributed by atoms with Crippen molar-refractivity contribution in [2.45, 2.75) is 0 Å². The fourth-order valence-electron chi connectivity index (χ4n) is 10.4. The lowest BCUT2D eigenvalue weighted by atomic mass is 9.90. The molecule has 0 amide bonds. The first kappa shape index (κ1) is 34.6. The molecule has 0 saturated heterocycles. The summed E-state index contributed by atoms with van der Waals surface area (Å²) in [6.07, 6.45) is 0. The highest BCUT2D eigenvalue weighted by Gasteiger charge is 2.21. The number of para-hydroxylation sites is 3. The zero-order chi connectivity index (χ0) is 40.7. The monoisotopic (exact) mass is 786 g/mol. The number of hydrogen-bond donors (Lipinski definition) is 0. The van der Waals surface area contributed by atoms with E-state index in [2.05, 4.69) is 240 Å². The van der Waals surface area contributed by atoms with Crippen molar-refractivity contribution >= 4 is 75.9 Å². The number of benzene rings is 11. The molecular formula is C60H38N2. The van der Waals surface area contributed by atoms with Crippen molar-refractivity contribution in [1.29, 1.82) is 0 Å². The molecular weight excluding hydrogens is 749 g/mol. The van der Waals surface area contributed by atoms with E-state index >= 15 is 0 Å². The van der Waals surface area contributed by atoms with Crippen LogP contribution in [0.4, 0.5) is 0 Å². The van der Waals surface area contributed by atoms with Crippen LogP contribution in [0.2, 0.25) is 0 Å². The van der Waals surface area contributed by atoms with Crippen LogP contribution in [-0.2, 0) is 0 Å². The standard InChI is InChI=1S/C60H38N2/c1-3-17-39(18-4-1)45-33-34-49(47-24-10-9-23-46(45)47)55-37-43(35-40-19-7-8-22-44(40)55)61-57-29-15-13-26-50(57)52-32-31-41(36-59(52)61)54-38-56-51-27-14-16-30-58(51)62(42-20-5-2-6-21-42)60(56)53-28-12-11-25-48(53)54/h1-38H. The van der Waals surface area contributed by atoms with Gasteiger partial charge in [0.25, 0.3) is 0 Å². The highest BCUT2D eigenvalue weighted by molar-refractivity contribution is 6.22. The van der Waals surface area contributed by atoms with E-state index in [1.807, 2.05) is 0 Å². The van der Waals surface area contributed by atoms with E-state index in [0.717, 1.165) is 11.4 Å². The first-order valence-corrected chi connectivity index (χ1v) is 21.4. The summed E-state index contributed by atoms with van der Waals surface area (Å²) in [5.41, 5.74) is 14.5. The van der Waals surface area contributed by atoms with E-state index < -0.39 is 0 Å². The average molecular weight is 787 g/mol. The molecule has 0 aliphatic rings. The van der Waals surface area contributed by atoms with Crippen LogP contribution < -0.4 is 0 Å². The molecule has 2 aromatic heterocycles. The average Bonchev–Trinajstić information content (AvgIpc) is 3.86. The predicted molar refractivity (Wildman–Crippen MR) is 264 cm³/mol. The first-order chi connectivity index (χ1) is 30.8. The maximum atomic E-state index is 2.49. The van der Waals surface area contributed by atoms with Gasteiger partial charge in [-0.15, -0.1) is 0 Å². The summed E-state index contributed by atoms with van der Waals surface area (Å²) >= 11 is 0. The van der Waals surface area contributed by atoms with E-state index in [4.69, 9.17) is 0 Å². The van der Waals surface area contributed by atoms with Crippen LogP contribution in [0, 0.1) is 0 Å². The van der Waals surface area contributed by atoms with Crippen molar-refractivity contribution in [3.63, 3.8) is 0 Å². The molecule has 2 nitrogen and oxygen atoms in total. The zero-order valence-corrected chi connectivity index (χ0v) is 33.8. The van der Waals surface area contributed by atoms with Crippen molar-refractivity contribution in [1.82, 2.24) is 9.13 Å². The Labute approximate surface area is 358 Å². The molecule has 0 saturated carbocycles. The van der Waals surface area contributed by atoms with E-state index in [-0.39, 0.29) is 0 Å². The maximum Gasteiger partial charge on any atom is 0.0619 e. The summed E-state index contributed by atoms with van der Waals surface area (Å²) < 4.78 is 4.93. The van der Waals surface area contributed by atoms with Crippen molar-refractivity contribution in [2.75, 3.05) is 0 Å². The second-order valence-corrected chi connectivity index (χ2v) is 16.4. The lowest BCUT2D eigenvalue weighted by Crippen LogP contribution is -1.96. The lowest BCUT2D eigenvalue weighted by molar-refractivity contribution is 1.19. The van der Waals surface area contributed by atoms with Crippen LogP contribution in [0.1, 0.15) is 0 Å². The quantitative estimate of drug-likeness (QED) is 0.164. The normalized spacial score (nSPS) is 11.9. The minimum atomic E-state index is 1.14. The molecule has 0 radical (unpaired) electrons. The van der Waals surface area contributed by atoms with Crippen LogP contribution in [0.5, 0.6) is 0 Å². The summed E-state index contributed by atoms with van der Waals surface area (Å²) in [6.45, 7) is 0. The SMILES string of the molecule is c1ccc(-c2ccc(-c3cc(-n4c5ccccc5c5ccc(-c6cc7c8ccccc8n(-c8ccccc8)c7c7ccccc67)cc54)cc4ccccc34)c3ccccc23)cc1. The van der Waals surface area contributed by atoms with Crippen LogP contribution in [0.25, 0.3) is 121 Å². The second-order valence-electron chi connectivity index (χ2n) is 16.4. The van der Waals surface area contributed by atoms with Gasteiger partial charge < -0.3 is 9.13 Å². The third kappa shape index (κ3) is 5.17. The van der Waals surface area contributed by atoms with E-state index in [1.54, 1.807) is 0 Å². The van der Waals surface area contributed by atoms with Crippen molar-refractivity contribution < 1.29 is 0 Å².